The predicted octanol–water partition coefficient (Wildman–Crippen LogP) is 2.34. The highest BCUT2D eigenvalue weighted by molar-refractivity contribution is 5.99. The van der Waals surface area contributed by atoms with E-state index >= 15 is 4.79 Å². The summed E-state index contributed by atoms with van der Waals surface area (Å²) in [6.45, 7) is 20.8. The fourth-order valence-electron chi connectivity index (χ4n) is 10.1. The van der Waals surface area contributed by atoms with Gasteiger partial charge in [0.25, 0.3) is 0 Å². The number of aliphatic hydroxyl groups is 1. The van der Waals surface area contributed by atoms with Crippen LogP contribution in [0.2, 0.25) is 0 Å². The van der Waals surface area contributed by atoms with Crippen LogP contribution < -0.4 is 21.3 Å². The first kappa shape index (κ1) is 69.1. The van der Waals surface area contributed by atoms with Crippen LogP contribution in [0.5, 0.6) is 0 Å². The number of hydrogen-bond donors (Lipinski definition) is 5. The molecule has 22 heteroatoms. The van der Waals surface area contributed by atoms with Crippen LogP contribution in [-0.2, 0) is 59.1 Å². The van der Waals surface area contributed by atoms with Gasteiger partial charge in [-0.1, -0.05) is 92.1 Å². The van der Waals surface area contributed by atoms with Gasteiger partial charge in [0.2, 0.25) is 59.1 Å². The van der Waals surface area contributed by atoms with E-state index in [2.05, 4.69) is 21.3 Å². The fraction of sp³-hybridized carbons (Fsp3) is 0.729. The molecule has 1 aromatic rings. The zero-order valence-corrected chi connectivity index (χ0v) is 51.5. The lowest BCUT2D eigenvalue weighted by molar-refractivity contribution is -0.151. The van der Waals surface area contributed by atoms with Gasteiger partial charge in [-0.05, 0) is 89.0 Å². The van der Waals surface area contributed by atoms with Gasteiger partial charge in [-0.25, -0.2) is 0 Å². The van der Waals surface area contributed by atoms with E-state index < -0.39 is 144 Å². The molecule has 0 saturated carbocycles. The van der Waals surface area contributed by atoms with Crippen LogP contribution in [-0.4, -0.2) is 215 Å². The van der Waals surface area contributed by atoms with Crippen LogP contribution >= 0.6 is 0 Å². The summed E-state index contributed by atoms with van der Waals surface area (Å²) in [6, 6.07) is -1.75. The van der Waals surface area contributed by atoms with Crippen molar-refractivity contribution in [2.24, 2.45) is 23.7 Å². The highest BCUT2D eigenvalue weighted by atomic mass is 16.5. The number of nitrogens with zero attached hydrogens (tertiary/aromatic N) is 6. The van der Waals surface area contributed by atoms with Gasteiger partial charge in [0, 0.05) is 54.7 Å². The summed E-state index contributed by atoms with van der Waals surface area (Å²) >= 11 is 0. The summed E-state index contributed by atoms with van der Waals surface area (Å²) < 4.78 is 6.10. The number of ether oxygens (including phenoxy) is 1. The van der Waals surface area contributed by atoms with Crippen molar-refractivity contribution in [3.63, 3.8) is 0 Å². The molecule has 3 rings (SSSR count). The molecule has 2 aliphatic heterocycles. The van der Waals surface area contributed by atoms with Crippen molar-refractivity contribution in [2.45, 2.75) is 194 Å². The van der Waals surface area contributed by atoms with E-state index in [1.165, 1.54) is 61.8 Å². The number of nitrogens with one attached hydrogen (secondary N) is 4. The quantitative estimate of drug-likeness (QED) is 0.191. The number of carbonyl (C=O) groups excluding carboxylic acids is 10. The van der Waals surface area contributed by atoms with E-state index in [0.29, 0.717) is 37.9 Å². The topological polar surface area (TPSA) is 268 Å². The van der Waals surface area contributed by atoms with Crippen molar-refractivity contribution < 1.29 is 57.8 Å². The summed E-state index contributed by atoms with van der Waals surface area (Å²) in [5.41, 5.74) is -0.128. The Balaban J connectivity index is 2.33. The number of benzene rings is 1. The molecular formula is C59H98N10O12. The second-order valence-corrected chi connectivity index (χ2v) is 24.5. The molecule has 10 atom stereocenters. The maximum Gasteiger partial charge on any atom is 0.248 e. The highest BCUT2D eigenvalue weighted by Gasteiger charge is 2.43. The average Bonchev–Trinajstić information content (AvgIpc) is 3.47. The van der Waals surface area contributed by atoms with Crippen LogP contribution in [0, 0.1) is 23.7 Å². The van der Waals surface area contributed by atoms with Crippen molar-refractivity contribution in [3.8, 4) is 0 Å². The monoisotopic (exact) mass is 1140 g/mol. The minimum atomic E-state index is -1.61. The molecule has 1 aromatic carbocycles. The lowest BCUT2D eigenvalue weighted by atomic mass is 9.95. The minimum Gasteiger partial charge on any atom is -0.391 e. The largest absolute Gasteiger partial charge is 0.391 e. The summed E-state index contributed by atoms with van der Waals surface area (Å²) in [5, 5.41) is 22.2. The smallest absolute Gasteiger partial charge is 0.248 e. The standard InChI is InChI=1S/C59H98N10O12/c1-18-38(8)50-53(75)60-41(55(77)69-27-23-20-24-28-69)32-46(71)62-48(37(6)7)58(80)67(16)45(31-40-25-21-19-22-26-40)56(78)66(15)44(30-36(4)5)52(74)63-49(39(9)70)57(79)64(13)33-47(72)65(14)43(29-35(2)3)51(73)61-42(54(76)68(50)17)34-81-59(10,11)12/h19,21-22,25-26,35-39,41-45,48-50,70H,18,20,23-24,27-34H2,1-17H3,(H,60,75)(H,61,73)(H,62,71)(H,63,74)/t38-,39+,41-,42-,43-,44-,45-,48+,49-,50-/m0/s1. The van der Waals surface area contributed by atoms with E-state index in [4.69, 9.17) is 4.74 Å². The Morgan fingerprint density at radius 1 is 0.642 bits per heavy atom. The molecule has 0 bridgehead atoms. The van der Waals surface area contributed by atoms with Crippen molar-refractivity contribution in [2.75, 3.05) is 61.5 Å². The summed E-state index contributed by atoms with van der Waals surface area (Å²) in [4.78, 5) is 154. The molecule has 10 amide bonds. The van der Waals surface area contributed by atoms with Gasteiger partial charge in [-0.2, -0.15) is 0 Å². The number of aliphatic hydroxyl groups excluding tert-OH is 1. The molecule has 2 fully saturated rings. The van der Waals surface area contributed by atoms with Gasteiger partial charge in [-0.3, -0.25) is 47.9 Å². The van der Waals surface area contributed by atoms with Gasteiger partial charge < -0.3 is 60.5 Å². The summed E-state index contributed by atoms with van der Waals surface area (Å²) in [5.74, 6) is -8.59. The normalized spacial score (nSPS) is 25.9. The predicted molar refractivity (Wildman–Crippen MR) is 307 cm³/mol. The van der Waals surface area contributed by atoms with Gasteiger partial charge in [0.05, 0.1) is 31.3 Å². The number of piperidine rings is 1. The van der Waals surface area contributed by atoms with E-state index in [1.807, 2.05) is 34.6 Å². The first-order chi connectivity index (χ1) is 37.7. The van der Waals surface area contributed by atoms with Crippen LogP contribution in [0.1, 0.15) is 134 Å². The van der Waals surface area contributed by atoms with Crippen molar-refractivity contribution in [1.29, 1.82) is 0 Å². The molecule has 0 radical (unpaired) electrons. The summed E-state index contributed by atoms with van der Waals surface area (Å²) in [6.07, 6.45) is 0.765. The van der Waals surface area contributed by atoms with Crippen LogP contribution in [0.3, 0.4) is 0 Å². The lowest BCUT2D eigenvalue weighted by Gasteiger charge is -2.38. The molecule has 0 aliphatic carbocycles. The summed E-state index contributed by atoms with van der Waals surface area (Å²) in [7, 11) is 6.96. The molecule has 0 unspecified atom stereocenters. The number of rotatable bonds is 13. The lowest BCUT2D eigenvalue weighted by Crippen LogP contribution is -2.62. The van der Waals surface area contributed by atoms with Crippen molar-refractivity contribution in [3.05, 3.63) is 35.9 Å². The molecule has 81 heavy (non-hydrogen) atoms. The Morgan fingerprint density at radius 2 is 1.19 bits per heavy atom. The van der Waals surface area contributed by atoms with Gasteiger partial charge in [0.1, 0.15) is 48.3 Å². The third kappa shape index (κ3) is 20.1. The third-order valence-electron chi connectivity index (χ3n) is 15.3. The molecule has 5 N–H and O–H groups in total. The maximum absolute atomic E-state index is 15.1. The third-order valence-corrected chi connectivity index (χ3v) is 15.3. The molecule has 2 heterocycles. The van der Waals surface area contributed by atoms with E-state index in [-0.39, 0.29) is 37.7 Å². The Labute approximate surface area is 481 Å². The number of likely N-dealkylation sites (tertiary alicyclic amines) is 1. The minimum absolute atomic E-state index is 0.0140. The number of likely N-dealkylation sites (N-methyl/N-ethyl adjacent to an activating group) is 5. The Bertz CT molecular complexity index is 2320. The molecule has 2 saturated heterocycles. The Kier molecular flexibility index (Phi) is 26.7. The molecule has 22 nitrogen and oxygen atoms in total. The molecular weight excluding hydrogens is 1040 g/mol. The zero-order chi connectivity index (χ0) is 61.4. The molecule has 0 aromatic heterocycles. The van der Waals surface area contributed by atoms with E-state index in [9.17, 15) is 48.3 Å². The van der Waals surface area contributed by atoms with E-state index in [1.54, 1.807) is 76.8 Å². The van der Waals surface area contributed by atoms with Crippen molar-refractivity contribution in [1.82, 2.24) is 50.7 Å². The Morgan fingerprint density at radius 3 is 1.70 bits per heavy atom. The maximum atomic E-state index is 15.1. The molecule has 2 aliphatic rings. The van der Waals surface area contributed by atoms with Gasteiger partial charge in [0.15, 0.2) is 0 Å². The Hall–Kier alpha value is -6.16. The van der Waals surface area contributed by atoms with E-state index in [0.717, 1.165) is 11.3 Å². The second kappa shape index (κ2) is 31.3. The second-order valence-electron chi connectivity index (χ2n) is 24.5. The average molecular weight is 1140 g/mol. The van der Waals surface area contributed by atoms with Crippen LogP contribution in [0.4, 0.5) is 0 Å². The first-order valence-corrected chi connectivity index (χ1v) is 28.9. The number of carbonyl (C=O) groups is 10. The number of hydrogen-bond acceptors (Lipinski definition) is 12. The van der Waals surface area contributed by atoms with Crippen LogP contribution in [0.15, 0.2) is 30.3 Å². The molecule has 456 valence electrons. The highest BCUT2D eigenvalue weighted by Crippen LogP contribution is 2.22. The van der Waals surface area contributed by atoms with Crippen molar-refractivity contribution >= 4 is 59.1 Å². The zero-order valence-electron chi connectivity index (χ0n) is 51.5. The van der Waals surface area contributed by atoms with Gasteiger partial charge in [-0.15, -0.1) is 0 Å². The fourth-order valence-corrected chi connectivity index (χ4v) is 10.1. The van der Waals surface area contributed by atoms with Crippen LogP contribution in [0.25, 0.3) is 0 Å². The van der Waals surface area contributed by atoms with Gasteiger partial charge >= 0.3 is 0 Å². The first-order valence-electron chi connectivity index (χ1n) is 28.9. The SMILES string of the molecule is CC[C@H](C)[C@H]1C(=O)N[C@H](C(=O)N2CCCCC2)CC(=O)N[C@H](C(C)C)C(=O)N(C)[C@@H](Cc2ccccc2)C(=O)N(C)[C@@H](CC(C)C)C(=O)N[C@@H]([C@@H](C)O)C(=O)N(C)CC(=O)N(C)[C@@H](CC(C)C)C(=O)N[C@@H](COC(C)(C)C)C(=O)N1C. The molecule has 0 spiro atoms. The number of amides is 10.